The Hall–Kier alpha value is -1.80. The molecule has 0 fully saturated rings. The number of ether oxygens (including phenoxy) is 2. The van der Waals surface area contributed by atoms with E-state index in [9.17, 15) is 13.2 Å². The zero-order chi connectivity index (χ0) is 13.9. The second kappa shape index (κ2) is 5.23. The van der Waals surface area contributed by atoms with Crippen LogP contribution in [0.15, 0.2) is 18.2 Å². The molecule has 0 saturated carbocycles. The van der Waals surface area contributed by atoms with E-state index in [4.69, 9.17) is 19.8 Å². The lowest BCUT2D eigenvalue weighted by atomic mass is 10.1. The van der Waals surface area contributed by atoms with Crippen LogP contribution in [0.5, 0.6) is 11.5 Å². The van der Waals surface area contributed by atoms with Gasteiger partial charge in [-0.2, -0.15) is 8.42 Å². The maximum absolute atomic E-state index is 11.1. The fourth-order valence-electron chi connectivity index (χ4n) is 1.50. The second-order valence-electron chi connectivity index (χ2n) is 3.41. The second-order valence-corrected chi connectivity index (χ2v) is 4.91. The van der Waals surface area contributed by atoms with Crippen molar-refractivity contribution in [2.75, 3.05) is 14.2 Å². The molecule has 0 heterocycles. The lowest BCUT2D eigenvalue weighted by Crippen LogP contribution is -2.28. The van der Waals surface area contributed by atoms with Crippen LogP contribution in [0.25, 0.3) is 0 Å². The van der Waals surface area contributed by atoms with Crippen LogP contribution in [0.1, 0.15) is 10.8 Å². The van der Waals surface area contributed by atoms with Crippen molar-refractivity contribution in [1.29, 1.82) is 0 Å². The monoisotopic (exact) mass is 275 g/mol. The molecule has 0 spiro atoms. The number of hydrogen-bond donors (Lipinski definition) is 2. The van der Waals surface area contributed by atoms with E-state index in [1.165, 1.54) is 32.4 Å². The van der Waals surface area contributed by atoms with Gasteiger partial charge < -0.3 is 15.2 Å². The largest absolute Gasteiger partial charge is 0.493 e. The molecular weight excluding hydrogens is 262 g/mol. The van der Waals surface area contributed by atoms with E-state index >= 15 is 0 Å². The molecule has 1 rings (SSSR count). The molecule has 18 heavy (non-hydrogen) atoms. The molecule has 0 bridgehead atoms. The Morgan fingerprint density at radius 2 is 1.83 bits per heavy atom. The van der Waals surface area contributed by atoms with Crippen LogP contribution in [-0.2, 0) is 14.9 Å². The van der Waals surface area contributed by atoms with E-state index in [0.717, 1.165) is 0 Å². The smallest absolute Gasteiger partial charge is 0.281 e. The molecule has 1 aromatic rings. The van der Waals surface area contributed by atoms with Crippen molar-refractivity contribution in [2.45, 2.75) is 5.25 Å². The van der Waals surface area contributed by atoms with Crippen LogP contribution in [0.2, 0.25) is 0 Å². The quantitative estimate of drug-likeness (QED) is 0.737. The Kier molecular flexibility index (Phi) is 4.15. The molecular formula is C10H13NO6S. The average molecular weight is 275 g/mol. The fraction of sp³-hybridized carbons (Fsp3) is 0.300. The Bertz CT molecular complexity index is 553. The summed E-state index contributed by atoms with van der Waals surface area (Å²) in [7, 11) is -1.87. The van der Waals surface area contributed by atoms with Gasteiger partial charge in [-0.15, -0.1) is 0 Å². The first kappa shape index (κ1) is 14.3. The predicted molar refractivity (Wildman–Crippen MR) is 63.0 cm³/mol. The Morgan fingerprint density at radius 1 is 1.28 bits per heavy atom. The van der Waals surface area contributed by atoms with Gasteiger partial charge in [-0.1, -0.05) is 6.07 Å². The summed E-state index contributed by atoms with van der Waals surface area (Å²) in [5, 5.41) is -1.84. The number of benzene rings is 1. The van der Waals surface area contributed by atoms with Crippen molar-refractivity contribution in [3.05, 3.63) is 23.8 Å². The highest BCUT2D eigenvalue weighted by atomic mass is 32.2. The minimum atomic E-state index is -4.63. The number of methoxy groups -OCH3 is 2. The highest BCUT2D eigenvalue weighted by Gasteiger charge is 2.31. The zero-order valence-corrected chi connectivity index (χ0v) is 10.6. The molecule has 0 aliphatic heterocycles. The van der Waals surface area contributed by atoms with Gasteiger partial charge in [-0.25, -0.2) is 0 Å². The SMILES string of the molecule is COc1ccc(C(C(N)=O)S(=O)(=O)O)cc1OC. The minimum absolute atomic E-state index is 0.00245. The highest BCUT2D eigenvalue weighted by molar-refractivity contribution is 7.86. The molecule has 1 atom stereocenters. The zero-order valence-electron chi connectivity index (χ0n) is 9.78. The Balaban J connectivity index is 3.35. The molecule has 3 N–H and O–H groups in total. The van der Waals surface area contributed by atoms with Crippen molar-refractivity contribution in [2.24, 2.45) is 5.73 Å². The van der Waals surface area contributed by atoms with Gasteiger partial charge in [0, 0.05) is 0 Å². The van der Waals surface area contributed by atoms with E-state index < -0.39 is 21.3 Å². The number of hydrogen-bond acceptors (Lipinski definition) is 5. The van der Waals surface area contributed by atoms with Crippen LogP contribution in [0.4, 0.5) is 0 Å². The van der Waals surface area contributed by atoms with Crippen molar-refractivity contribution < 1.29 is 27.2 Å². The predicted octanol–water partition coefficient (Wildman–Crippen LogP) is 0.118. The molecule has 1 aromatic carbocycles. The summed E-state index contributed by atoms with van der Waals surface area (Å²) in [6, 6.07) is 3.99. The molecule has 0 aromatic heterocycles. The number of rotatable bonds is 5. The third kappa shape index (κ3) is 2.90. The van der Waals surface area contributed by atoms with Gasteiger partial charge in [0.2, 0.25) is 5.91 Å². The van der Waals surface area contributed by atoms with E-state index in [-0.39, 0.29) is 11.3 Å². The molecule has 0 saturated heterocycles. The summed E-state index contributed by atoms with van der Waals surface area (Å²) < 4.78 is 41.1. The third-order valence-corrected chi connectivity index (χ3v) is 3.37. The molecule has 0 aliphatic rings. The molecule has 0 aliphatic carbocycles. The van der Waals surface area contributed by atoms with Gasteiger partial charge in [0.15, 0.2) is 16.7 Å². The van der Waals surface area contributed by atoms with E-state index in [1.807, 2.05) is 0 Å². The van der Waals surface area contributed by atoms with Crippen molar-refractivity contribution in [3.63, 3.8) is 0 Å². The van der Waals surface area contributed by atoms with Crippen LogP contribution in [0.3, 0.4) is 0 Å². The van der Waals surface area contributed by atoms with Gasteiger partial charge in [0.05, 0.1) is 14.2 Å². The maximum atomic E-state index is 11.1. The Labute approximate surface area is 104 Å². The molecule has 8 heteroatoms. The molecule has 0 radical (unpaired) electrons. The first-order chi connectivity index (χ1) is 8.31. The lowest BCUT2D eigenvalue weighted by molar-refractivity contribution is -0.117. The number of primary amides is 1. The molecule has 100 valence electrons. The van der Waals surface area contributed by atoms with Crippen LogP contribution < -0.4 is 15.2 Å². The van der Waals surface area contributed by atoms with Gasteiger partial charge in [0.1, 0.15) is 0 Å². The van der Waals surface area contributed by atoms with Crippen molar-refractivity contribution in [3.8, 4) is 11.5 Å². The van der Waals surface area contributed by atoms with Crippen LogP contribution >= 0.6 is 0 Å². The summed E-state index contributed by atoms with van der Waals surface area (Å²) >= 11 is 0. The van der Waals surface area contributed by atoms with Crippen molar-refractivity contribution in [1.82, 2.24) is 0 Å². The standard InChI is InChI=1S/C10H13NO6S/c1-16-7-4-3-6(5-8(7)17-2)9(10(11)12)18(13,14)15/h3-5,9H,1-2H3,(H2,11,12)(H,13,14,15). The van der Waals surface area contributed by atoms with Gasteiger partial charge in [0.25, 0.3) is 10.1 Å². The maximum Gasteiger partial charge on any atom is 0.281 e. The van der Waals surface area contributed by atoms with Gasteiger partial charge >= 0.3 is 0 Å². The van der Waals surface area contributed by atoms with Gasteiger partial charge in [-0.05, 0) is 17.7 Å². The first-order valence-corrected chi connectivity index (χ1v) is 6.29. The Morgan fingerprint density at radius 3 is 2.22 bits per heavy atom. The average Bonchev–Trinajstić information content (AvgIpc) is 2.26. The first-order valence-electron chi connectivity index (χ1n) is 4.78. The number of amides is 1. The summed E-state index contributed by atoms with van der Waals surface area (Å²) in [4.78, 5) is 11.1. The van der Waals surface area contributed by atoms with Crippen LogP contribution in [-0.4, -0.2) is 33.1 Å². The number of carbonyl (C=O) groups is 1. The molecule has 7 nitrogen and oxygen atoms in total. The molecule has 1 amide bonds. The van der Waals surface area contributed by atoms with Crippen molar-refractivity contribution >= 4 is 16.0 Å². The summed E-state index contributed by atoms with van der Waals surface area (Å²) in [6.07, 6.45) is 0. The lowest BCUT2D eigenvalue weighted by Gasteiger charge is -2.13. The highest BCUT2D eigenvalue weighted by Crippen LogP contribution is 2.32. The summed E-state index contributed by atoms with van der Waals surface area (Å²) in [6.45, 7) is 0. The normalized spacial score (nSPS) is 12.8. The summed E-state index contributed by atoms with van der Waals surface area (Å²) in [5.41, 5.74) is 4.97. The van der Waals surface area contributed by atoms with Gasteiger partial charge in [-0.3, -0.25) is 9.35 Å². The number of carbonyl (C=O) groups excluding carboxylic acids is 1. The van der Waals surface area contributed by atoms with Crippen LogP contribution in [0, 0.1) is 0 Å². The summed E-state index contributed by atoms with van der Waals surface area (Å²) in [5.74, 6) is -0.588. The minimum Gasteiger partial charge on any atom is -0.493 e. The van der Waals surface area contributed by atoms with E-state index in [1.54, 1.807) is 0 Å². The fourth-order valence-corrected chi connectivity index (χ4v) is 2.28. The number of nitrogens with two attached hydrogens (primary N) is 1. The third-order valence-electron chi connectivity index (χ3n) is 2.27. The van der Waals surface area contributed by atoms with E-state index in [0.29, 0.717) is 5.75 Å². The topological polar surface area (TPSA) is 116 Å². The van der Waals surface area contributed by atoms with E-state index in [2.05, 4.69) is 0 Å². The molecule has 1 unspecified atom stereocenters.